The first-order valence-electron chi connectivity index (χ1n) is 8.62. The quantitative estimate of drug-likeness (QED) is 0.772. The topological polar surface area (TPSA) is 97.2 Å². The molecule has 3 rings (SSSR count). The maximum atomic E-state index is 12.4. The summed E-state index contributed by atoms with van der Waals surface area (Å²) < 4.78 is 7.41. The summed E-state index contributed by atoms with van der Waals surface area (Å²) in [5.41, 5.74) is 0.957. The van der Waals surface area contributed by atoms with Crippen molar-refractivity contribution in [1.29, 1.82) is 0 Å². The number of amides is 1. The number of hydrogen-bond donors (Lipinski definition) is 2. The average molecular weight is 359 g/mol. The molecule has 1 aliphatic heterocycles. The van der Waals surface area contributed by atoms with Crippen molar-refractivity contribution in [3.8, 4) is 0 Å². The fourth-order valence-electron chi connectivity index (χ4n) is 2.87. The number of rotatable bonds is 6. The van der Waals surface area contributed by atoms with Gasteiger partial charge in [0.25, 0.3) is 0 Å². The van der Waals surface area contributed by atoms with E-state index in [4.69, 9.17) is 4.74 Å². The van der Waals surface area contributed by atoms with Gasteiger partial charge in [0.1, 0.15) is 24.5 Å². The Kier molecular flexibility index (Phi) is 5.67. The molecule has 3 heterocycles. The number of aryl methyl sites for hydroxylation is 1. The van der Waals surface area contributed by atoms with Gasteiger partial charge in [0.2, 0.25) is 5.91 Å². The van der Waals surface area contributed by atoms with E-state index in [1.165, 1.54) is 6.33 Å². The number of hydrogen-bond acceptors (Lipinski definition) is 7. The highest BCUT2D eigenvalue weighted by molar-refractivity contribution is 5.76. The fraction of sp³-hybridized carbons (Fsp3) is 0.529. The highest BCUT2D eigenvalue weighted by Gasteiger charge is 2.27. The Morgan fingerprint density at radius 3 is 2.96 bits per heavy atom. The predicted octanol–water partition coefficient (Wildman–Crippen LogP) is 0.433. The lowest BCUT2D eigenvalue weighted by atomic mass is 10.0. The van der Waals surface area contributed by atoms with Crippen LogP contribution in [0.2, 0.25) is 0 Å². The smallest absolute Gasteiger partial charge is 0.240 e. The van der Waals surface area contributed by atoms with Gasteiger partial charge in [-0.25, -0.2) is 15.0 Å². The Hall–Kier alpha value is -2.68. The van der Waals surface area contributed by atoms with E-state index in [9.17, 15) is 4.79 Å². The molecule has 0 aromatic carbocycles. The standard InChI is InChI=1S/C17H25N7O2/c1-12-7-18-11-24(12)8-17(25)22-13-4-5-26-9-14(13)21-15-6-16(23(2)3)20-10-19-15/h6-7,10-11,13-14H,4-5,8-9H2,1-3H3,(H,22,25)(H,19,20,21)/t13-,14+/m0/s1. The van der Waals surface area contributed by atoms with Crippen molar-refractivity contribution in [2.75, 3.05) is 37.5 Å². The van der Waals surface area contributed by atoms with Crippen LogP contribution in [0.3, 0.4) is 0 Å². The van der Waals surface area contributed by atoms with Crippen LogP contribution in [0.15, 0.2) is 24.9 Å². The van der Waals surface area contributed by atoms with E-state index in [0.717, 1.165) is 17.9 Å². The number of nitrogens with one attached hydrogen (secondary N) is 2. The van der Waals surface area contributed by atoms with Gasteiger partial charge in [-0.05, 0) is 13.3 Å². The Balaban J connectivity index is 1.63. The van der Waals surface area contributed by atoms with Crippen LogP contribution >= 0.6 is 0 Å². The molecule has 0 bridgehead atoms. The lowest BCUT2D eigenvalue weighted by Gasteiger charge is -2.33. The second-order valence-corrected chi connectivity index (χ2v) is 6.61. The minimum Gasteiger partial charge on any atom is -0.379 e. The SMILES string of the molecule is Cc1cncn1CC(=O)N[C@H]1CCOC[C@H]1Nc1cc(N(C)C)ncn1. The lowest BCUT2D eigenvalue weighted by Crippen LogP contribution is -2.52. The zero-order valence-electron chi connectivity index (χ0n) is 15.3. The molecule has 26 heavy (non-hydrogen) atoms. The molecule has 2 atom stereocenters. The normalized spacial score (nSPS) is 19.8. The number of carbonyl (C=O) groups excluding carboxylic acids is 1. The summed E-state index contributed by atoms with van der Waals surface area (Å²) >= 11 is 0. The molecule has 140 valence electrons. The third kappa shape index (κ3) is 4.48. The van der Waals surface area contributed by atoms with Crippen LogP contribution in [0, 0.1) is 6.92 Å². The predicted molar refractivity (Wildman–Crippen MR) is 98.1 cm³/mol. The first-order valence-corrected chi connectivity index (χ1v) is 8.62. The van der Waals surface area contributed by atoms with Crippen LogP contribution in [-0.4, -0.2) is 64.8 Å². The molecule has 2 N–H and O–H groups in total. The molecule has 0 radical (unpaired) electrons. The van der Waals surface area contributed by atoms with Crippen LogP contribution in [0.4, 0.5) is 11.6 Å². The van der Waals surface area contributed by atoms with E-state index in [2.05, 4.69) is 25.6 Å². The zero-order valence-corrected chi connectivity index (χ0v) is 15.3. The summed E-state index contributed by atoms with van der Waals surface area (Å²) in [5, 5.41) is 6.47. The fourth-order valence-corrected chi connectivity index (χ4v) is 2.87. The molecular weight excluding hydrogens is 334 g/mol. The largest absolute Gasteiger partial charge is 0.379 e. The zero-order chi connectivity index (χ0) is 18.5. The Morgan fingerprint density at radius 2 is 2.23 bits per heavy atom. The van der Waals surface area contributed by atoms with Gasteiger partial charge in [-0.1, -0.05) is 0 Å². The summed E-state index contributed by atoms with van der Waals surface area (Å²) in [4.78, 5) is 26.9. The monoisotopic (exact) mass is 359 g/mol. The van der Waals surface area contributed by atoms with Crippen LogP contribution < -0.4 is 15.5 Å². The van der Waals surface area contributed by atoms with Crippen molar-refractivity contribution in [1.82, 2.24) is 24.8 Å². The van der Waals surface area contributed by atoms with Gasteiger partial charge in [-0.15, -0.1) is 0 Å². The van der Waals surface area contributed by atoms with Crippen LogP contribution in [-0.2, 0) is 16.1 Å². The third-order valence-corrected chi connectivity index (χ3v) is 4.38. The van der Waals surface area contributed by atoms with Crippen molar-refractivity contribution in [2.45, 2.75) is 32.0 Å². The second-order valence-electron chi connectivity index (χ2n) is 6.61. The van der Waals surface area contributed by atoms with Gasteiger partial charge in [0.15, 0.2) is 0 Å². The molecular formula is C17H25N7O2. The van der Waals surface area contributed by atoms with E-state index < -0.39 is 0 Å². The van der Waals surface area contributed by atoms with E-state index in [1.807, 2.05) is 36.6 Å². The van der Waals surface area contributed by atoms with E-state index in [1.54, 1.807) is 12.5 Å². The molecule has 1 saturated heterocycles. The minimum absolute atomic E-state index is 0.0298. The first-order chi connectivity index (χ1) is 12.5. The molecule has 0 saturated carbocycles. The van der Waals surface area contributed by atoms with Gasteiger partial charge in [0, 0.05) is 38.7 Å². The molecule has 0 unspecified atom stereocenters. The first kappa shape index (κ1) is 18.1. The minimum atomic E-state index is -0.0542. The number of carbonyl (C=O) groups is 1. The molecule has 0 aliphatic carbocycles. The third-order valence-electron chi connectivity index (χ3n) is 4.38. The highest BCUT2D eigenvalue weighted by atomic mass is 16.5. The van der Waals surface area contributed by atoms with Crippen LogP contribution in [0.5, 0.6) is 0 Å². The highest BCUT2D eigenvalue weighted by Crippen LogP contribution is 2.16. The van der Waals surface area contributed by atoms with Gasteiger partial charge in [-0.3, -0.25) is 4.79 Å². The van der Waals surface area contributed by atoms with E-state index in [-0.39, 0.29) is 24.5 Å². The molecule has 2 aromatic rings. The Morgan fingerprint density at radius 1 is 1.38 bits per heavy atom. The number of anilines is 2. The number of nitrogens with zero attached hydrogens (tertiary/aromatic N) is 5. The summed E-state index contributed by atoms with van der Waals surface area (Å²) in [7, 11) is 3.86. The number of imidazole rings is 1. The molecule has 0 spiro atoms. The summed E-state index contributed by atoms with van der Waals surface area (Å²) in [5.74, 6) is 1.49. The van der Waals surface area contributed by atoms with Crippen molar-refractivity contribution in [2.24, 2.45) is 0 Å². The summed E-state index contributed by atoms with van der Waals surface area (Å²) in [6, 6.07) is 1.79. The summed E-state index contributed by atoms with van der Waals surface area (Å²) in [6.07, 6.45) is 5.68. The van der Waals surface area contributed by atoms with Crippen LogP contribution in [0.25, 0.3) is 0 Å². The molecule has 2 aromatic heterocycles. The van der Waals surface area contributed by atoms with Gasteiger partial charge >= 0.3 is 0 Å². The van der Waals surface area contributed by atoms with Gasteiger partial charge in [0.05, 0.1) is 25.0 Å². The van der Waals surface area contributed by atoms with Crippen molar-refractivity contribution in [3.63, 3.8) is 0 Å². The molecule has 9 nitrogen and oxygen atoms in total. The number of ether oxygens (including phenoxy) is 1. The molecule has 9 heteroatoms. The van der Waals surface area contributed by atoms with E-state index in [0.29, 0.717) is 19.0 Å². The van der Waals surface area contributed by atoms with E-state index >= 15 is 0 Å². The maximum absolute atomic E-state index is 12.4. The van der Waals surface area contributed by atoms with Gasteiger partial charge in [-0.2, -0.15) is 0 Å². The van der Waals surface area contributed by atoms with Gasteiger partial charge < -0.3 is 24.8 Å². The maximum Gasteiger partial charge on any atom is 0.240 e. The molecule has 1 aliphatic rings. The Bertz CT molecular complexity index is 746. The molecule has 1 amide bonds. The van der Waals surface area contributed by atoms with Crippen molar-refractivity contribution in [3.05, 3.63) is 30.6 Å². The van der Waals surface area contributed by atoms with Crippen molar-refractivity contribution >= 4 is 17.5 Å². The Labute approximate surface area is 152 Å². The summed E-state index contributed by atoms with van der Waals surface area (Å²) in [6.45, 7) is 3.32. The van der Waals surface area contributed by atoms with Crippen LogP contribution in [0.1, 0.15) is 12.1 Å². The number of aromatic nitrogens is 4. The molecule has 1 fully saturated rings. The lowest BCUT2D eigenvalue weighted by molar-refractivity contribution is -0.123. The average Bonchev–Trinajstić information content (AvgIpc) is 3.01. The van der Waals surface area contributed by atoms with Crippen molar-refractivity contribution < 1.29 is 9.53 Å². The second kappa shape index (κ2) is 8.13.